The van der Waals surface area contributed by atoms with Crippen LogP contribution < -0.4 is 4.72 Å². The smallest absolute Gasteiger partial charge is 0.333 e. The maximum absolute atomic E-state index is 11.4. The first-order valence-corrected chi connectivity index (χ1v) is 5.94. The average molecular weight is 240 g/mol. The summed E-state index contributed by atoms with van der Waals surface area (Å²) < 4.78 is 26.0. The molecule has 1 atom stereocenters. The van der Waals surface area contributed by atoms with Gasteiger partial charge in [0.2, 0.25) is 0 Å². The highest BCUT2D eigenvalue weighted by Gasteiger charge is 2.21. The molecule has 0 aliphatic carbocycles. The lowest BCUT2D eigenvalue weighted by Gasteiger charge is -2.19. The molecule has 0 aliphatic rings. The fraction of sp³-hybridized carbons (Fsp3) is 0.857. The average Bonchev–Trinajstić information content (AvgIpc) is 2.15. The molecule has 0 aromatic rings. The lowest BCUT2D eigenvalue weighted by molar-refractivity contribution is -0.146. The van der Waals surface area contributed by atoms with Crippen LogP contribution in [0, 0.1) is 0 Å². The molecule has 3 N–H and O–H groups in total. The van der Waals surface area contributed by atoms with Crippen molar-refractivity contribution < 1.29 is 23.4 Å². The Labute approximate surface area is 88.9 Å². The molecule has 0 aromatic heterocycles. The van der Waals surface area contributed by atoms with Crippen molar-refractivity contribution in [2.45, 2.75) is 20.0 Å². The lowest BCUT2D eigenvalue weighted by atomic mass is 10.4. The van der Waals surface area contributed by atoms with Crippen molar-refractivity contribution in [1.29, 1.82) is 0 Å². The minimum Gasteiger partial charge on any atom is -0.479 e. The van der Waals surface area contributed by atoms with E-state index in [1.165, 1.54) is 0 Å². The van der Waals surface area contributed by atoms with E-state index in [-0.39, 0.29) is 13.1 Å². The van der Waals surface area contributed by atoms with Gasteiger partial charge in [-0.25, -0.2) is 4.79 Å². The van der Waals surface area contributed by atoms with Crippen molar-refractivity contribution in [2.24, 2.45) is 0 Å². The number of carboxylic acid groups (broad SMARTS) is 1. The molecule has 0 aromatic carbocycles. The van der Waals surface area contributed by atoms with E-state index in [1.54, 1.807) is 13.8 Å². The molecule has 0 heterocycles. The maximum Gasteiger partial charge on any atom is 0.333 e. The standard InChI is InChI=1S/C7H16N2O5S/c1-3-9(4-2)15(13,14)8-5-6(10)7(11)12/h6,8,10H,3-5H2,1-2H3,(H,11,12). The van der Waals surface area contributed by atoms with E-state index in [9.17, 15) is 13.2 Å². The van der Waals surface area contributed by atoms with Gasteiger partial charge in [-0.2, -0.15) is 17.4 Å². The monoisotopic (exact) mass is 240 g/mol. The largest absolute Gasteiger partial charge is 0.479 e. The van der Waals surface area contributed by atoms with Crippen LogP contribution in [0.3, 0.4) is 0 Å². The Balaban J connectivity index is 4.33. The number of aliphatic hydroxyl groups excluding tert-OH is 1. The quantitative estimate of drug-likeness (QED) is 0.508. The van der Waals surface area contributed by atoms with Gasteiger partial charge in [-0.15, -0.1) is 0 Å². The predicted molar refractivity (Wildman–Crippen MR) is 53.5 cm³/mol. The first-order chi connectivity index (χ1) is 6.85. The van der Waals surface area contributed by atoms with Crippen molar-refractivity contribution >= 4 is 16.2 Å². The lowest BCUT2D eigenvalue weighted by Crippen LogP contribution is -2.44. The first-order valence-electron chi connectivity index (χ1n) is 4.50. The summed E-state index contributed by atoms with van der Waals surface area (Å²) in [6, 6.07) is 0. The summed E-state index contributed by atoms with van der Waals surface area (Å²) in [5, 5.41) is 17.2. The highest BCUT2D eigenvalue weighted by molar-refractivity contribution is 7.87. The van der Waals surface area contributed by atoms with Crippen molar-refractivity contribution in [3.8, 4) is 0 Å². The maximum atomic E-state index is 11.4. The Hall–Kier alpha value is -0.700. The van der Waals surface area contributed by atoms with Gasteiger partial charge in [0.25, 0.3) is 10.2 Å². The van der Waals surface area contributed by atoms with E-state index in [4.69, 9.17) is 10.2 Å². The zero-order valence-corrected chi connectivity index (χ0v) is 9.49. The molecule has 1 unspecified atom stereocenters. The Bertz CT molecular complexity index is 299. The summed E-state index contributed by atoms with van der Waals surface area (Å²) in [5.74, 6) is -1.46. The van der Waals surface area contributed by atoms with Gasteiger partial charge in [0.15, 0.2) is 6.10 Å². The number of carboxylic acids is 1. The van der Waals surface area contributed by atoms with E-state index in [0.29, 0.717) is 0 Å². The SMILES string of the molecule is CCN(CC)S(=O)(=O)NCC(O)C(=O)O. The highest BCUT2D eigenvalue weighted by atomic mass is 32.2. The van der Waals surface area contributed by atoms with Crippen LogP contribution in [0.15, 0.2) is 0 Å². The van der Waals surface area contributed by atoms with Gasteiger partial charge in [-0.3, -0.25) is 0 Å². The fourth-order valence-electron chi connectivity index (χ4n) is 0.926. The Morgan fingerprint density at radius 1 is 1.40 bits per heavy atom. The molecule has 0 bridgehead atoms. The first kappa shape index (κ1) is 14.3. The number of hydrogen-bond donors (Lipinski definition) is 3. The van der Waals surface area contributed by atoms with E-state index >= 15 is 0 Å². The van der Waals surface area contributed by atoms with E-state index in [0.717, 1.165) is 4.31 Å². The molecular formula is C7H16N2O5S. The summed E-state index contributed by atoms with van der Waals surface area (Å²) >= 11 is 0. The Kier molecular flexibility index (Phi) is 5.73. The molecule has 15 heavy (non-hydrogen) atoms. The number of nitrogens with zero attached hydrogens (tertiary/aromatic N) is 1. The minimum absolute atomic E-state index is 0.287. The molecule has 0 spiro atoms. The number of aliphatic carboxylic acids is 1. The van der Waals surface area contributed by atoms with Gasteiger partial charge >= 0.3 is 5.97 Å². The van der Waals surface area contributed by atoms with E-state index in [2.05, 4.69) is 0 Å². The number of nitrogens with one attached hydrogen (secondary N) is 1. The number of carbonyl (C=O) groups is 1. The highest BCUT2D eigenvalue weighted by Crippen LogP contribution is 1.96. The van der Waals surface area contributed by atoms with Crippen molar-refractivity contribution in [2.75, 3.05) is 19.6 Å². The molecule has 8 heteroatoms. The van der Waals surface area contributed by atoms with Gasteiger partial charge in [-0.1, -0.05) is 13.8 Å². The molecule has 0 fully saturated rings. The summed E-state index contributed by atoms with van der Waals surface area (Å²) in [6.45, 7) is 3.37. The van der Waals surface area contributed by atoms with Crippen LogP contribution >= 0.6 is 0 Å². The molecule has 0 radical (unpaired) electrons. The summed E-state index contributed by atoms with van der Waals surface area (Å²) in [4.78, 5) is 10.2. The summed E-state index contributed by atoms with van der Waals surface area (Å²) in [5.41, 5.74) is 0. The minimum atomic E-state index is -3.69. The van der Waals surface area contributed by atoms with Crippen LogP contribution in [0.1, 0.15) is 13.8 Å². The predicted octanol–water partition coefficient (Wildman–Crippen LogP) is -1.39. The molecule has 0 amide bonds. The summed E-state index contributed by atoms with van der Waals surface area (Å²) in [7, 11) is -3.69. The van der Waals surface area contributed by atoms with E-state index in [1.807, 2.05) is 4.72 Å². The summed E-state index contributed by atoms with van der Waals surface area (Å²) in [6.07, 6.45) is -1.73. The van der Waals surface area contributed by atoms with Crippen LogP contribution in [0.4, 0.5) is 0 Å². The normalized spacial score (nSPS) is 14.1. The molecule has 0 saturated carbocycles. The second kappa shape index (κ2) is 6.01. The Morgan fingerprint density at radius 2 is 1.87 bits per heavy atom. The molecular weight excluding hydrogens is 224 g/mol. The van der Waals surface area contributed by atoms with Gasteiger partial charge in [0, 0.05) is 19.6 Å². The van der Waals surface area contributed by atoms with Crippen molar-refractivity contribution in [3.05, 3.63) is 0 Å². The van der Waals surface area contributed by atoms with Gasteiger partial charge in [0.1, 0.15) is 0 Å². The van der Waals surface area contributed by atoms with Crippen molar-refractivity contribution in [3.63, 3.8) is 0 Å². The fourth-order valence-corrected chi connectivity index (χ4v) is 2.16. The molecule has 7 nitrogen and oxygen atoms in total. The van der Waals surface area contributed by atoms with Crippen LogP contribution in [0.25, 0.3) is 0 Å². The van der Waals surface area contributed by atoms with Gasteiger partial charge in [-0.05, 0) is 0 Å². The zero-order chi connectivity index (χ0) is 12.1. The molecule has 90 valence electrons. The van der Waals surface area contributed by atoms with Gasteiger partial charge < -0.3 is 10.2 Å². The Morgan fingerprint density at radius 3 is 2.20 bits per heavy atom. The second-order valence-corrected chi connectivity index (χ2v) is 4.55. The van der Waals surface area contributed by atoms with Crippen molar-refractivity contribution in [1.82, 2.24) is 9.03 Å². The topological polar surface area (TPSA) is 107 Å². The molecule has 0 saturated heterocycles. The second-order valence-electron chi connectivity index (χ2n) is 2.79. The number of hydrogen-bond acceptors (Lipinski definition) is 4. The zero-order valence-electron chi connectivity index (χ0n) is 8.67. The van der Waals surface area contributed by atoms with E-state index < -0.39 is 28.8 Å². The van der Waals surface area contributed by atoms with Crippen LogP contribution in [-0.2, 0) is 15.0 Å². The van der Waals surface area contributed by atoms with Crippen LogP contribution in [0.2, 0.25) is 0 Å². The third-order valence-electron chi connectivity index (χ3n) is 1.79. The number of aliphatic hydroxyl groups is 1. The molecule has 0 aliphatic heterocycles. The number of rotatable bonds is 7. The third-order valence-corrected chi connectivity index (χ3v) is 3.52. The van der Waals surface area contributed by atoms with Gasteiger partial charge in [0.05, 0.1) is 0 Å². The van der Waals surface area contributed by atoms with Crippen LogP contribution in [-0.4, -0.2) is 54.6 Å². The third kappa shape index (κ3) is 4.56. The molecule has 0 rings (SSSR count). The van der Waals surface area contributed by atoms with Crippen LogP contribution in [0.5, 0.6) is 0 Å².